The fourth-order valence-electron chi connectivity index (χ4n) is 5.09. The number of benzene rings is 4. The number of rotatable bonds is 0. The Bertz CT molecular complexity index is 1490. The third-order valence-electron chi connectivity index (χ3n) is 8.09. The van der Waals surface area contributed by atoms with Crippen LogP contribution in [0.5, 0.6) is 11.5 Å². The minimum atomic E-state index is 0. The number of fused-ring (bicyclic) bond motifs is 3. The van der Waals surface area contributed by atoms with Gasteiger partial charge in [-0.05, 0) is 43.9 Å². The largest absolute Gasteiger partial charge is 3.00 e. The van der Waals surface area contributed by atoms with E-state index in [1.54, 1.807) is 24.3 Å². The molecule has 4 aromatic rings. The number of hydrogen-bond donors (Lipinski definition) is 0. The van der Waals surface area contributed by atoms with Crippen molar-refractivity contribution in [3.05, 3.63) is 118 Å². The van der Waals surface area contributed by atoms with Gasteiger partial charge in [-0.1, -0.05) is 162 Å². The summed E-state index contributed by atoms with van der Waals surface area (Å²) in [5, 5.41) is 25.9. The van der Waals surface area contributed by atoms with Crippen LogP contribution in [-0.2, 0) is 54.3 Å². The number of hydrogen-bond acceptors (Lipinski definition) is 2. The van der Waals surface area contributed by atoms with E-state index >= 15 is 0 Å². The second kappa shape index (κ2) is 14.4. The van der Waals surface area contributed by atoms with Gasteiger partial charge in [0, 0.05) is 0 Å². The van der Waals surface area contributed by atoms with Gasteiger partial charge in [-0.2, -0.15) is 11.6 Å². The van der Waals surface area contributed by atoms with Gasteiger partial charge in [-0.25, -0.2) is 0 Å². The molecule has 0 atom stereocenters. The molecule has 1 aliphatic rings. The van der Waals surface area contributed by atoms with E-state index in [0.717, 1.165) is 28.7 Å². The van der Waals surface area contributed by atoms with Gasteiger partial charge in [0.05, 0.1) is 0 Å². The first-order valence-corrected chi connectivity index (χ1v) is 15.8. The first-order valence-electron chi connectivity index (χ1n) is 15.8. The summed E-state index contributed by atoms with van der Waals surface area (Å²) >= 11 is 0. The minimum Gasteiger partial charge on any atom is -0.872 e. The van der Waals surface area contributed by atoms with Crippen molar-refractivity contribution in [1.82, 2.24) is 0 Å². The van der Waals surface area contributed by atoms with E-state index in [1.807, 2.05) is 0 Å². The van der Waals surface area contributed by atoms with E-state index < -0.39 is 0 Å². The van der Waals surface area contributed by atoms with Crippen molar-refractivity contribution in [3.63, 3.8) is 0 Å². The van der Waals surface area contributed by atoms with E-state index in [4.69, 9.17) is 0 Å². The normalized spacial score (nSPS) is 13.0. The van der Waals surface area contributed by atoms with Crippen LogP contribution in [-0.4, -0.2) is 0 Å². The summed E-state index contributed by atoms with van der Waals surface area (Å²) in [5.74, 6) is 0.236. The minimum absolute atomic E-state index is 0. The van der Waals surface area contributed by atoms with E-state index in [1.165, 1.54) is 27.5 Å². The van der Waals surface area contributed by atoms with Crippen molar-refractivity contribution in [2.24, 2.45) is 0 Å². The Hall–Kier alpha value is -2.64. The molecule has 45 heavy (non-hydrogen) atoms. The summed E-state index contributed by atoms with van der Waals surface area (Å²) < 4.78 is 0. The van der Waals surface area contributed by atoms with E-state index in [-0.39, 0.29) is 59.4 Å². The van der Waals surface area contributed by atoms with Crippen LogP contribution in [0.25, 0.3) is 10.8 Å². The van der Waals surface area contributed by atoms with Crippen LogP contribution in [0.1, 0.15) is 123 Å². The maximum atomic E-state index is 11.6. The molecular formula is C42H53O2Zr. The molecule has 5 rings (SSSR count). The topological polar surface area (TPSA) is 46.1 Å². The van der Waals surface area contributed by atoms with Gasteiger partial charge in [0.25, 0.3) is 0 Å². The first kappa shape index (κ1) is 38.5. The molecule has 0 aliphatic heterocycles. The SMILES string of the molecule is CC(C)(C)c1cc([O-])cc(C(C)(C)C)c1.CC(C)(C)c1cc([O-])cc(C(C)(C)C)c1.CC1=[C-]c2c(ccc3ccccc23)C1.[Zr+3]. The fraction of sp³-hybridized carbons (Fsp3) is 0.429. The van der Waals surface area contributed by atoms with Crippen LogP contribution in [0.2, 0.25) is 0 Å². The van der Waals surface area contributed by atoms with E-state index in [2.05, 4.69) is 145 Å². The van der Waals surface area contributed by atoms with Crippen LogP contribution >= 0.6 is 0 Å². The Morgan fingerprint density at radius 2 is 0.911 bits per heavy atom. The number of allylic oxidation sites excluding steroid dienone is 1. The zero-order valence-electron chi connectivity index (χ0n) is 30.0. The molecule has 237 valence electrons. The molecule has 0 unspecified atom stereocenters. The van der Waals surface area contributed by atoms with Gasteiger partial charge in [0.2, 0.25) is 0 Å². The monoisotopic (exact) mass is 679 g/mol. The standard InChI is InChI=1S/2C14H22O.C14H11.Zr/c2*1-13(2,3)10-7-11(14(4,5)6)9-12(15)8-10;1-10-8-12-7-6-11-4-2-3-5-13(11)14(12)9-10;/h2*7-9,15H,1-6H3;2-7H,8H2,1H3;/q;;-1;+3/p-2. The molecule has 0 heterocycles. The van der Waals surface area contributed by atoms with Gasteiger partial charge in [-0.3, -0.25) is 0 Å². The van der Waals surface area contributed by atoms with Gasteiger partial charge >= 0.3 is 26.2 Å². The molecule has 1 aliphatic carbocycles. The Morgan fingerprint density at radius 3 is 1.29 bits per heavy atom. The molecule has 0 amide bonds. The molecule has 2 nitrogen and oxygen atoms in total. The van der Waals surface area contributed by atoms with Crippen LogP contribution in [0.3, 0.4) is 0 Å². The van der Waals surface area contributed by atoms with Crippen molar-refractivity contribution in [1.29, 1.82) is 0 Å². The van der Waals surface area contributed by atoms with E-state index in [0.29, 0.717) is 0 Å². The van der Waals surface area contributed by atoms with Gasteiger partial charge in [-0.15, -0.1) is 40.2 Å². The third-order valence-corrected chi connectivity index (χ3v) is 8.09. The molecule has 0 N–H and O–H groups in total. The molecule has 4 aromatic carbocycles. The second-order valence-corrected chi connectivity index (χ2v) is 16.4. The fourth-order valence-corrected chi connectivity index (χ4v) is 5.09. The van der Waals surface area contributed by atoms with Crippen molar-refractivity contribution >= 4 is 10.8 Å². The predicted molar refractivity (Wildman–Crippen MR) is 186 cm³/mol. The Morgan fingerprint density at radius 1 is 0.533 bits per heavy atom. The molecule has 0 bridgehead atoms. The Kier molecular flexibility index (Phi) is 12.4. The van der Waals surface area contributed by atoms with Gasteiger partial charge in [0.15, 0.2) is 0 Å². The zero-order chi connectivity index (χ0) is 33.3. The van der Waals surface area contributed by atoms with Crippen LogP contribution < -0.4 is 10.2 Å². The van der Waals surface area contributed by atoms with Crippen LogP contribution in [0, 0.1) is 6.08 Å². The second-order valence-electron chi connectivity index (χ2n) is 16.4. The van der Waals surface area contributed by atoms with Crippen LogP contribution in [0.4, 0.5) is 0 Å². The molecule has 0 saturated carbocycles. The maximum absolute atomic E-state index is 11.6. The van der Waals surface area contributed by atoms with Crippen molar-refractivity contribution in [2.75, 3.05) is 0 Å². The smallest absolute Gasteiger partial charge is 0.872 e. The average Bonchev–Trinajstić information content (AvgIpc) is 3.27. The molecule has 0 saturated heterocycles. The van der Waals surface area contributed by atoms with Crippen molar-refractivity contribution in [2.45, 2.75) is 118 Å². The third kappa shape index (κ3) is 10.7. The molecule has 0 fully saturated rings. The summed E-state index contributed by atoms with van der Waals surface area (Å²) in [7, 11) is 0. The molecule has 0 aromatic heterocycles. The van der Waals surface area contributed by atoms with Crippen molar-refractivity contribution in [3.8, 4) is 11.5 Å². The van der Waals surface area contributed by atoms with E-state index in [9.17, 15) is 10.2 Å². The summed E-state index contributed by atoms with van der Waals surface area (Å²) in [5.41, 5.74) is 8.74. The molecule has 0 spiro atoms. The molecular weight excluding hydrogens is 628 g/mol. The summed E-state index contributed by atoms with van der Waals surface area (Å²) in [6, 6.07) is 24.2. The van der Waals surface area contributed by atoms with Crippen molar-refractivity contribution < 1.29 is 36.4 Å². The molecule has 1 radical (unpaired) electrons. The van der Waals surface area contributed by atoms with Crippen LogP contribution in [0.15, 0.2) is 78.4 Å². The Labute approximate surface area is 293 Å². The summed E-state index contributed by atoms with van der Waals surface area (Å²) in [6.07, 6.45) is 4.53. The average molecular weight is 681 g/mol. The summed E-state index contributed by atoms with van der Waals surface area (Å²) in [4.78, 5) is 0. The van der Waals surface area contributed by atoms with Gasteiger partial charge < -0.3 is 10.2 Å². The Balaban J connectivity index is 0.000000232. The van der Waals surface area contributed by atoms with Gasteiger partial charge in [0.1, 0.15) is 0 Å². The molecule has 3 heteroatoms. The maximum Gasteiger partial charge on any atom is 3.00 e. The summed E-state index contributed by atoms with van der Waals surface area (Å²) in [6.45, 7) is 27.7. The zero-order valence-corrected chi connectivity index (χ0v) is 32.4. The predicted octanol–water partition coefficient (Wildman–Crippen LogP) is 10.2. The quantitative estimate of drug-likeness (QED) is 0.174. The first-order chi connectivity index (χ1) is 20.1.